The highest BCUT2D eigenvalue weighted by atomic mass is 35.5. The molecule has 7 nitrogen and oxygen atoms in total. The zero-order valence-electron chi connectivity index (χ0n) is 18.8. The number of aromatic nitrogens is 1. The predicted octanol–water partition coefficient (Wildman–Crippen LogP) is 5.45. The number of nitrogens with zero attached hydrogens (tertiary/aromatic N) is 3. The highest BCUT2D eigenvalue weighted by Crippen LogP contribution is 2.38. The molecule has 0 radical (unpaired) electrons. The number of hydrogen-bond acceptors (Lipinski definition) is 5. The normalized spacial score (nSPS) is 16.6. The van der Waals surface area contributed by atoms with Gasteiger partial charge in [0.05, 0.1) is 5.56 Å². The molecule has 1 aromatic heterocycles. The summed E-state index contributed by atoms with van der Waals surface area (Å²) < 4.78 is 6.17. The Kier molecular flexibility index (Phi) is 5.43. The van der Waals surface area contributed by atoms with Gasteiger partial charge in [-0.1, -0.05) is 35.9 Å². The van der Waals surface area contributed by atoms with E-state index in [1.165, 1.54) is 0 Å². The monoisotopic (exact) mass is 486 g/mol. The van der Waals surface area contributed by atoms with Gasteiger partial charge in [-0.2, -0.15) is 0 Å². The fraction of sp³-hybridized carbons (Fsp3) is 0.185. The van der Waals surface area contributed by atoms with E-state index < -0.39 is 12.0 Å². The highest BCUT2D eigenvalue weighted by molar-refractivity contribution is 6.31. The van der Waals surface area contributed by atoms with E-state index in [4.69, 9.17) is 21.3 Å². The fourth-order valence-electron chi connectivity index (χ4n) is 4.93. The molecule has 3 heterocycles. The number of H-pyrrole nitrogens is 1. The first kappa shape index (κ1) is 21.7. The van der Waals surface area contributed by atoms with Gasteiger partial charge in [-0.25, -0.2) is 4.99 Å². The number of amidine groups is 1. The Hall–Kier alpha value is -3.81. The maximum Gasteiger partial charge on any atom is 0.325 e. The molecule has 1 atom stereocenters. The molecule has 6 rings (SSSR count). The van der Waals surface area contributed by atoms with E-state index in [1.807, 2.05) is 65.6 Å². The third-order valence-corrected chi connectivity index (χ3v) is 6.86. The van der Waals surface area contributed by atoms with Crippen LogP contribution in [0.2, 0.25) is 5.02 Å². The van der Waals surface area contributed by atoms with Gasteiger partial charge in [0.15, 0.2) is 5.75 Å². The van der Waals surface area contributed by atoms with E-state index in [9.17, 15) is 9.90 Å². The summed E-state index contributed by atoms with van der Waals surface area (Å²) in [5, 5.41) is 11.6. The van der Waals surface area contributed by atoms with Crippen LogP contribution < -0.4 is 4.74 Å². The second kappa shape index (κ2) is 8.76. The number of aliphatic imine (C=N–C) groups is 1. The number of benzene rings is 3. The molecule has 1 fully saturated rings. The van der Waals surface area contributed by atoms with Crippen molar-refractivity contribution in [1.82, 2.24) is 14.8 Å². The third kappa shape index (κ3) is 3.92. The molecule has 1 saturated heterocycles. The first-order valence-electron chi connectivity index (χ1n) is 11.5. The van der Waals surface area contributed by atoms with Crippen LogP contribution >= 0.6 is 11.6 Å². The van der Waals surface area contributed by atoms with E-state index >= 15 is 0 Å². The minimum Gasteiger partial charge on any atom is -0.480 e. The Labute approximate surface area is 207 Å². The summed E-state index contributed by atoms with van der Waals surface area (Å²) in [6.45, 7) is 2.44. The first-order chi connectivity index (χ1) is 17.1. The SMILES string of the molecule is O=C(O)[C@H](c1c[nH]c2ccc(Cl)cc12)N1CCN(C2=Nc3ccccc3Oc3ccccc32)CC1. The molecule has 35 heavy (non-hydrogen) atoms. The van der Waals surface area contributed by atoms with E-state index in [0.717, 1.165) is 45.1 Å². The number of rotatable bonds is 3. The van der Waals surface area contributed by atoms with Crippen LogP contribution in [0.1, 0.15) is 17.2 Å². The van der Waals surface area contributed by atoms with Crippen molar-refractivity contribution in [3.05, 3.63) is 89.1 Å². The summed E-state index contributed by atoms with van der Waals surface area (Å²) in [5.41, 5.74) is 3.30. The Morgan fingerprint density at radius 3 is 2.54 bits per heavy atom. The Bertz CT molecular complexity index is 1460. The Balaban J connectivity index is 1.30. The third-order valence-electron chi connectivity index (χ3n) is 6.62. The molecule has 2 aliphatic rings. The summed E-state index contributed by atoms with van der Waals surface area (Å²) in [6.07, 6.45) is 1.78. The molecular formula is C27H23ClN4O3. The van der Waals surface area contributed by atoms with Crippen LogP contribution in [0.5, 0.6) is 11.5 Å². The lowest BCUT2D eigenvalue weighted by Gasteiger charge is -2.39. The summed E-state index contributed by atoms with van der Waals surface area (Å²) in [5.74, 6) is 1.45. The number of hydrogen-bond donors (Lipinski definition) is 2. The summed E-state index contributed by atoms with van der Waals surface area (Å²) in [6, 6.07) is 20.4. The van der Waals surface area contributed by atoms with Gasteiger partial charge in [0.2, 0.25) is 0 Å². The standard InChI is InChI=1S/C27H23ClN4O3/c28-17-9-10-21-19(15-17)20(16-29-21)25(27(33)34)31-11-13-32(14-12-31)26-18-5-1-3-7-23(18)35-24-8-4-2-6-22(24)30-26/h1-10,15-16,25,29H,11-14H2,(H,33,34)/t25-/m0/s1. The van der Waals surface area contributed by atoms with Crippen LogP contribution in [-0.4, -0.2) is 57.9 Å². The lowest BCUT2D eigenvalue weighted by Crippen LogP contribution is -2.51. The molecule has 0 aliphatic carbocycles. The summed E-state index contributed by atoms with van der Waals surface area (Å²) in [4.78, 5) is 24.8. The Morgan fingerprint density at radius 2 is 1.74 bits per heavy atom. The minimum atomic E-state index is -0.876. The predicted molar refractivity (Wildman–Crippen MR) is 136 cm³/mol. The molecule has 2 N–H and O–H groups in total. The lowest BCUT2D eigenvalue weighted by atomic mass is 10.0. The summed E-state index contributed by atoms with van der Waals surface area (Å²) in [7, 11) is 0. The van der Waals surface area contributed by atoms with Crippen molar-refractivity contribution in [2.45, 2.75) is 6.04 Å². The van der Waals surface area contributed by atoms with Crippen molar-refractivity contribution in [1.29, 1.82) is 0 Å². The van der Waals surface area contributed by atoms with E-state index in [0.29, 0.717) is 31.2 Å². The van der Waals surface area contributed by atoms with Crippen LogP contribution in [0.15, 0.2) is 77.9 Å². The van der Waals surface area contributed by atoms with Gasteiger partial charge >= 0.3 is 5.97 Å². The van der Waals surface area contributed by atoms with Crippen molar-refractivity contribution in [2.75, 3.05) is 26.2 Å². The molecule has 2 aliphatic heterocycles. The minimum absolute atomic E-state index is 0.577. The van der Waals surface area contributed by atoms with E-state index in [2.05, 4.69) is 9.88 Å². The van der Waals surface area contributed by atoms with Crippen LogP contribution in [0.3, 0.4) is 0 Å². The zero-order chi connectivity index (χ0) is 23.9. The largest absolute Gasteiger partial charge is 0.480 e. The average Bonchev–Trinajstić information content (AvgIpc) is 3.18. The zero-order valence-corrected chi connectivity index (χ0v) is 19.6. The number of nitrogens with one attached hydrogen (secondary N) is 1. The molecule has 0 amide bonds. The molecule has 0 bridgehead atoms. The number of aromatic amines is 1. The number of halogens is 1. The van der Waals surface area contributed by atoms with Gasteiger partial charge < -0.3 is 19.7 Å². The van der Waals surface area contributed by atoms with Crippen LogP contribution in [0, 0.1) is 0 Å². The van der Waals surface area contributed by atoms with E-state index in [1.54, 1.807) is 12.3 Å². The summed E-state index contributed by atoms with van der Waals surface area (Å²) >= 11 is 6.21. The second-order valence-corrected chi connectivity index (χ2v) is 9.14. The number of aliphatic carboxylic acids is 1. The molecule has 4 aromatic rings. The molecule has 0 spiro atoms. The number of para-hydroxylation sites is 3. The van der Waals surface area contributed by atoms with Gasteiger partial charge in [0.25, 0.3) is 0 Å². The van der Waals surface area contributed by atoms with Gasteiger partial charge in [0.1, 0.15) is 23.3 Å². The topological polar surface area (TPSA) is 81.2 Å². The number of ether oxygens (including phenoxy) is 1. The lowest BCUT2D eigenvalue weighted by molar-refractivity contribution is -0.144. The van der Waals surface area contributed by atoms with Crippen LogP contribution in [0.25, 0.3) is 10.9 Å². The van der Waals surface area contributed by atoms with Gasteiger partial charge in [-0.05, 0) is 42.5 Å². The number of fused-ring (bicyclic) bond motifs is 3. The molecule has 0 saturated carbocycles. The molecular weight excluding hydrogens is 464 g/mol. The van der Waals surface area contributed by atoms with Crippen molar-refractivity contribution >= 4 is 40.0 Å². The van der Waals surface area contributed by atoms with Crippen LogP contribution in [0.4, 0.5) is 5.69 Å². The molecule has 176 valence electrons. The number of carboxylic acid groups (broad SMARTS) is 1. The van der Waals surface area contributed by atoms with Crippen molar-refractivity contribution in [3.63, 3.8) is 0 Å². The highest BCUT2D eigenvalue weighted by Gasteiger charge is 2.34. The van der Waals surface area contributed by atoms with Crippen LogP contribution in [-0.2, 0) is 4.79 Å². The van der Waals surface area contributed by atoms with Gasteiger partial charge in [-0.15, -0.1) is 0 Å². The van der Waals surface area contributed by atoms with Gasteiger partial charge in [0, 0.05) is 53.9 Å². The van der Waals surface area contributed by atoms with Crippen molar-refractivity contribution in [3.8, 4) is 11.5 Å². The molecule has 3 aromatic carbocycles. The quantitative estimate of drug-likeness (QED) is 0.402. The number of carbonyl (C=O) groups is 1. The van der Waals surface area contributed by atoms with Crippen molar-refractivity contribution < 1.29 is 14.6 Å². The second-order valence-electron chi connectivity index (χ2n) is 8.70. The first-order valence-corrected chi connectivity index (χ1v) is 11.9. The van der Waals surface area contributed by atoms with Gasteiger partial charge in [-0.3, -0.25) is 9.69 Å². The number of carboxylic acids is 1. The number of piperazine rings is 1. The molecule has 0 unspecified atom stereocenters. The average molecular weight is 487 g/mol. The maximum atomic E-state index is 12.4. The maximum absolute atomic E-state index is 12.4. The molecule has 8 heteroatoms. The smallest absolute Gasteiger partial charge is 0.325 e. The van der Waals surface area contributed by atoms with E-state index in [-0.39, 0.29) is 0 Å². The van der Waals surface area contributed by atoms with Crippen molar-refractivity contribution in [2.24, 2.45) is 4.99 Å². The Morgan fingerprint density at radius 1 is 1.00 bits per heavy atom. The fourth-order valence-corrected chi connectivity index (χ4v) is 5.10.